The van der Waals surface area contributed by atoms with Crippen molar-refractivity contribution in [2.45, 2.75) is 46.3 Å². The van der Waals surface area contributed by atoms with Crippen molar-refractivity contribution in [3.8, 4) is 5.88 Å². The van der Waals surface area contributed by atoms with E-state index in [-0.39, 0.29) is 17.1 Å². The monoisotopic (exact) mass is 550 g/mol. The van der Waals surface area contributed by atoms with E-state index in [0.29, 0.717) is 29.6 Å². The number of hydrogen-bond acceptors (Lipinski definition) is 6. The Kier molecular flexibility index (Phi) is 6.72. The zero-order valence-electron chi connectivity index (χ0n) is 20.2. The molecule has 4 heterocycles. The first-order valence-corrected chi connectivity index (χ1v) is 12.9. The normalized spacial score (nSPS) is 14.9. The van der Waals surface area contributed by atoms with E-state index >= 15 is 0 Å². The lowest BCUT2D eigenvalue weighted by molar-refractivity contribution is 0.0993. The first-order valence-electron chi connectivity index (χ1n) is 12.1. The minimum atomic E-state index is -0.768. The van der Waals surface area contributed by atoms with Crippen LogP contribution in [0.15, 0.2) is 56.0 Å². The smallest absolute Gasteiger partial charge is 0.300 e. The number of azo groups is 1. The molecule has 0 bridgehead atoms. The molecule has 186 valence electrons. The summed E-state index contributed by atoms with van der Waals surface area (Å²) in [5.74, 6) is -0.828. The molecule has 1 aliphatic rings. The molecule has 0 aliphatic carbocycles. The predicted octanol–water partition coefficient (Wildman–Crippen LogP) is 5.52. The molecule has 9 nitrogen and oxygen atoms in total. The van der Waals surface area contributed by atoms with Gasteiger partial charge in [-0.15, -0.1) is 10.2 Å². The molecule has 1 amide bonds. The summed E-state index contributed by atoms with van der Waals surface area (Å²) in [5, 5.41) is 20.2. The van der Waals surface area contributed by atoms with Crippen LogP contribution < -0.4 is 5.43 Å². The van der Waals surface area contributed by atoms with Gasteiger partial charge >= 0.3 is 5.91 Å². The number of carbonyl (C=O) groups is 1. The van der Waals surface area contributed by atoms with Crippen molar-refractivity contribution >= 4 is 49.5 Å². The number of fused-ring (bicyclic) bond motifs is 2. The van der Waals surface area contributed by atoms with Crippen LogP contribution >= 0.6 is 15.9 Å². The topological polar surface area (TPSA) is 105 Å². The Balaban J connectivity index is 1.55. The van der Waals surface area contributed by atoms with E-state index in [0.717, 1.165) is 41.6 Å². The number of likely N-dealkylation sites (tertiary alicyclic amines) is 1. The summed E-state index contributed by atoms with van der Waals surface area (Å²) < 4.78 is 4.36. The lowest BCUT2D eigenvalue weighted by Crippen LogP contribution is -2.31. The Morgan fingerprint density at radius 2 is 1.92 bits per heavy atom. The number of piperidine rings is 1. The van der Waals surface area contributed by atoms with E-state index < -0.39 is 11.3 Å². The molecule has 1 saturated heterocycles. The number of aromatic hydroxyl groups is 1. The molecule has 0 radical (unpaired) electrons. The molecule has 1 N–H and O–H groups in total. The van der Waals surface area contributed by atoms with Crippen molar-refractivity contribution in [1.82, 2.24) is 19.0 Å². The number of halogens is 1. The predicted molar refractivity (Wildman–Crippen MR) is 142 cm³/mol. The van der Waals surface area contributed by atoms with Gasteiger partial charge in [-0.2, -0.15) is 0 Å². The average molecular weight is 551 g/mol. The minimum absolute atomic E-state index is 0.0608. The zero-order valence-corrected chi connectivity index (χ0v) is 21.8. The number of rotatable bonds is 5. The summed E-state index contributed by atoms with van der Waals surface area (Å²) >= 11 is 3.48. The van der Waals surface area contributed by atoms with Crippen LogP contribution in [0.3, 0.4) is 0 Å². The number of aryl methyl sites for hydroxylation is 2. The highest BCUT2D eigenvalue weighted by atomic mass is 79.9. The van der Waals surface area contributed by atoms with Gasteiger partial charge in [0.15, 0.2) is 5.69 Å². The summed E-state index contributed by atoms with van der Waals surface area (Å²) in [6, 6.07) is 9.07. The maximum atomic E-state index is 13.1. The molecular weight excluding hydrogens is 524 g/mol. The standard InChI is InChI=1S/C26H27BrN6O3/c1-3-32-14-20(23(34)18-9-7-16(2)28-24(18)32)25(35)30-29-22-19-13-17(27)8-10-21(19)33(26(22)36)15-31-11-5-4-6-12-31/h7-10,13-14,36H,3-6,11-12,15H2,1-2H3. The summed E-state index contributed by atoms with van der Waals surface area (Å²) in [4.78, 5) is 32.9. The van der Waals surface area contributed by atoms with Gasteiger partial charge in [0.05, 0.1) is 17.6 Å². The third-order valence-electron chi connectivity index (χ3n) is 6.63. The van der Waals surface area contributed by atoms with E-state index in [1.54, 1.807) is 21.3 Å². The van der Waals surface area contributed by atoms with Crippen molar-refractivity contribution in [2.75, 3.05) is 13.1 Å². The molecule has 3 aromatic heterocycles. The van der Waals surface area contributed by atoms with Gasteiger partial charge in [-0.3, -0.25) is 19.1 Å². The fourth-order valence-electron chi connectivity index (χ4n) is 4.74. The first-order chi connectivity index (χ1) is 17.4. The van der Waals surface area contributed by atoms with Gasteiger partial charge in [0, 0.05) is 28.3 Å². The number of hydrogen-bond donors (Lipinski definition) is 1. The fraction of sp³-hybridized carbons (Fsp3) is 0.346. The van der Waals surface area contributed by atoms with E-state index in [4.69, 9.17) is 0 Å². The third-order valence-corrected chi connectivity index (χ3v) is 7.13. The molecule has 10 heteroatoms. The van der Waals surface area contributed by atoms with Crippen molar-refractivity contribution in [3.05, 3.63) is 62.5 Å². The Morgan fingerprint density at radius 1 is 1.14 bits per heavy atom. The second kappa shape index (κ2) is 9.94. The summed E-state index contributed by atoms with van der Waals surface area (Å²) in [6.07, 6.45) is 4.95. The largest absolute Gasteiger partial charge is 0.493 e. The Bertz CT molecular complexity index is 1570. The van der Waals surface area contributed by atoms with Crippen LogP contribution in [0.25, 0.3) is 21.9 Å². The number of amides is 1. The quantitative estimate of drug-likeness (QED) is 0.329. The minimum Gasteiger partial charge on any atom is -0.493 e. The molecule has 36 heavy (non-hydrogen) atoms. The van der Waals surface area contributed by atoms with Crippen LogP contribution in [0.1, 0.15) is 42.2 Å². The van der Waals surface area contributed by atoms with E-state index in [9.17, 15) is 14.7 Å². The maximum Gasteiger partial charge on any atom is 0.300 e. The molecular formula is C26H27BrN6O3. The van der Waals surface area contributed by atoms with Crippen LogP contribution in [0.5, 0.6) is 5.88 Å². The van der Waals surface area contributed by atoms with Gasteiger partial charge in [0.1, 0.15) is 11.2 Å². The molecule has 1 aromatic carbocycles. The van der Waals surface area contributed by atoms with Crippen LogP contribution in [0.4, 0.5) is 5.69 Å². The Morgan fingerprint density at radius 3 is 2.67 bits per heavy atom. The molecule has 5 rings (SSSR count). The number of nitrogens with zero attached hydrogens (tertiary/aromatic N) is 6. The van der Waals surface area contributed by atoms with Gasteiger partial charge < -0.3 is 9.67 Å². The number of aromatic nitrogens is 3. The molecule has 4 aromatic rings. The second-order valence-electron chi connectivity index (χ2n) is 9.07. The van der Waals surface area contributed by atoms with Gasteiger partial charge in [-0.05, 0) is 70.1 Å². The van der Waals surface area contributed by atoms with E-state index in [1.165, 1.54) is 12.6 Å². The van der Waals surface area contributed by atoms with E-state index in [1.807, 2.05) is 32.0 Å². The molecule has 0 saturated carbocycles. The van der Waals surface area contributed by atoms with Crippen LogP contribution in [0.2, 0.25) is 0 Å². The van der Waals surface area contributed by atoms with Gasteiger partial charge in [-0.25, -0.2) is 4.98 Å². The lowest BCUT2D eigenvalue weighted by atomic mass is 10.1. The average Bonchev–Trinajstić information content (AvgIpc) is 3.13. The van der Waals surface area contributed by atoms with Crippen molar-refractivity contribution in [2.24, 2.45) is 10.2 Å². The Hall–Kier alpha value is -3.37. The fourth-order valence-corrected chi connectivity index (χ4v) is 5.10. The Labute approximate surface area is 216 Å². The zero-order chi connectivity index (χ0) is 25.4. The first kappa shape index (κ1) is 24.3. The van der Waals surface area contributed by atoms with Crippen molar-refractivity contribution in [3.63, 3.8) is 0 Å². The molecule has 0 spiro atoms. The van der Waals surface area contributed by atoms with Crippen molar-refractivity contribution in [1.29, 1.82) is 0 Å². The van der Waals surface area contributed by atoms with Crippen LogP contribution in [-0.4, -0.2) is 43.1 Å². The van der Waals surface area contributed by atoms with Gasteiger partial charge in [-0.1, -0.05) is 22.4 Å². The SMILES string of the molecule is CCn1cc(C(=O)N=Nc2c(O)n(CN3CCCCC3)c3ccc(Br)cc23)c(=O)c2ccc(C)nc21. The van der Waals surface area contributed by atoms with Gasteiger partial charge in [0.25, 0.3) is 0 Å². The van der Waals surface area contributed by atoms with E-state index in [2.05, 4.69) is 36.0 Å². The van der Waals surface area contributed by atoms with Crippen LogP contribution in [0, 0.1) is 6.92 Å². The maximum absolute atomic E-state index is 13.1. The summed E-state index contributed by atoms with van der Waals surface area (Å²) in [6.45, 7) is 6.74. The summed E-state index contributed by atoms with van der Waals surface area (Å²) in [7, 11) is 0. The van der Waals surface area contributed by atoms with Crippen LogP contribution in [-0.2, 0) is 13.2 Å². The lowest BCUT2D eigenvalue weighted by Gasteiger charge is -2.27. The summed E-state index contributed by atoms with van der Waals surface area (Å²) in [5.41, 5.74) is 1.78. The molecule has 1 aliphatic heterocycles. The second-order valence-corrected chi connectivity index (χ2v) is 9.98. The highest BCUT2D eigenvalue weighted by Crippen LogP contribution is 2.40. The number of carbonyl (C=O) groups excluding carboxylic acids is 1. The molecule has 1 fully saturated rings. The van der Waals surface area contributed by atoms with Crippen molar-refractivity contribution < 1.29 is 9.90 Å². The molecule has 0 unspecified atom stereocenters. The number of benzene rings is 1. The highest BCUT2D eigenvalue weighted by molar-refractivity contribution is 9.10. The highest BCUT2D eigenvalue weighted by Gasteiger charge is 2.21. The molecule has 0 atom stereocenters. The van der Waals surface area contributed by atoms with Gasteiger partial charge in [0.2, 0.25) is 11.3 Å². The third kappa shape index (κ3) is 4.46. The number of pyridine rings is 2.